The number of hydrogen-bond acceptors (Lipinski definition) is 3. The van der Waals surface area contributed by atoms with Crippen LogP contribution < -0.4 is 16.3 Å². The van der Waals surface area contributed by atoms with Crippen LogP contribution >= 0.6 is 0 Å². The lowest BCUT2D eigenvalue weighted by Crippen LogP contribution is -2.14. The van der Waals surface area contributed by atoms with Crippen LogP contribution in [0.1, 0.15) is 0 Å². The average molecular weight is 508 g/mol. The Morgan fingerprint density at radius 2 is 0.615 bits per heavy atom. The van der Waals surface area contributed by atoms with Crippen LogP contribution in [0, 0.1) is 0 Å². The maximum atomic E-state index is 13.7. The van der Waals surface area contributed by atoms with Crippen LogP contribution in [-0.4, -0.2) is 15.0 Å². The molecule has 0 bridgehead atoms. The SMILES string of the molecule is O=c1cc(-c2ccccc2)[nH]c2c1c1[nH]c(-c3ccccc3)cc(=O)c1c1[nH]c(-c3ccccc3)cc(=O)c21. The number of aromatic nitrogens is 3. The lowest BCUT2D eigenvalue weighted by atomic mass is 9.99. The van der Waals surface area contributed by atoms with E-state index in [1.165, 1.54) is 18.2 Å². The smallest absolute Gasteiger partial charge is 0.192 e. The van der Waals surface area contributed by atoms with E-state index in [0.29, 0.717) is 33.6 Å². The van der Waals surface area contributed by atoms with E-state index < -0.39 is 0 Å². The maximum absolute atomic E-state index is 13.7. The second kappa shape index (κ2) is 8.82. The summed E-state index contributed by atoms with van der Waals surface area (Å²) >= 11 is 0. The Bertz CT molecular complexity index is 1930. The summed E-state index contributed by atoms with van der Waals surface area (Å²) in [5, 5.41) is 0.806. The average Bonchev–Trinajstić information content (AvgIpc) is 2.97. The van der Waals surface area contributed by atoms with E-state index in [0.717, 1.165) is 16.7 Å². The van der Waals surface area contributed by atoms with Gasteiger partial charge in [0, 0.05) is 35.3 Å². The molecular weight excluding hydrogens is 486 g/mol. The van der Waals surface area contributed by atoms with Gasteiger partial charge in [-0.25, -0.2) is 0 Å². The molecule has 0 fully saturated rings. The fourth-order valence-corrected chi connectivity index (χ4v) is 5.31. The molecule has 4 aromatic carbocycles. The van der Waals surface area contributed by atoms with Gasteiger partial charge in [0.25, 0.3) is 0 Å². The molecule has 3 N–H and O–H groups in total. The van der Waals surface area contributed by atoms with E-state index in [1.807, 2.05) is 91.0 Å². The lowest BCUT2D eigenvalue weighted by molar-refractivity contribution is 1.34. The van der Waals surface area contributed by atoms with Gasteiger partial charge >= 0.3 is 0 Å². The zero-order chi connectivity index (χ0) is 26.5. The first-order valence-electron chi connectivity index (χ1n) is 12.6. The van der Waals surface area contributed by atoms with Gasteiger partial charge in [0.05, 0.1) is 32.7 Å². The Morgan fingerprint density at radius 1 is 0.359 bits per heavy atom. The molecule has 0 saturated carbocycles. The minimum Gasteiger partial charge on any atom is -0.354 e. The molecule has 0 saturated heterocycles. The van der Waals surface area contributed by atoms with Crippen molar-refractivity contribution < 1.29 is 0 Å². The van der Waals surface area contributed by atoms with Crippen LogP contribution in [0.2, 0.25) is 0 Å². The molecule has 3 aromatic heterocycles. The molecule has 0 aliphatic carbocycles. The Labute approximate surface area is 221 Å². The van der Waals surface area contributed by atoms with E-state index in [2.05, 4.69) is 15.0 Å². The molecule has 0 amide bonds. The Hall–Kier alpha value is -5.49. The number of rotatable bonds is 3. The molecule has 186 valence electrons. The fraction of sp³-hybridized carbons (Fsp3) is 0. The van der Waals surface area contributed by atoms with E-state index in [1.54, 1.807) is 0 Å². The van der Waals surface area contributed by atoms with Gasteiger partial charge in [-0.1, -0.05) is 91.0 Å². The number of fused-ring (bicyclic) bond motifs is 6. The maximum Gasteiger partial charge on any atom is 0.192 e. The van der Waals surface area contributed by atoms with Gasteiger partial charge in [0.2, 0.25) is 0 Å². The van der Waals surface area contributed by atoms with Gasteiger partial charge in [-0.2, -0.15) is 0 Å². The highest BCUT2D eigenvalue weighted by Crippen LogP contribution is 2.31. The highest BCUT2D eigenvalue weighted by atomic mass is 16.1. The van der Waals surface area contributed by atoms with Gasteiger partial charge in [-0.3, -0.25) is 14.4 Å². The molecule has 0 unspecified atom stereocenters. The quantitative estimate of drug-likeness (QED) is 0.248. The summed E-state index contributed by atoms with van der Waals surface area (Å²) in [7, 11) is 0. The van der Waals surface area contributed by atoms with Crippen LogP contribution in [0.3, 0.4) is 0 Å². The van der Waals surface area contributed by atoms with Crippen LogP contribution in [-0.2, 0) is 0 Å². The second-order valence-electron chi connectivity index (χ2n) is 9.49. The number of benzene rings is 4. The van der Waals surface area contributed by atoms with Crippen molar-refractivity contribution in [3.05, 3.63) is 140 Å². The van der Waals surface area contributed by atoms with Crippen LogP contribution in [0.15, 0.2) is 124 Å². The first-order valence-corrected chi connectivity index (χ1v) is 12.6. The normalized spacial score (nSPS) is 11.4. The summed E-state index contributed by atoms with van der Waals surface area (Å²) in [5.74, 6) is 0. The first-order chi connectivity index (χ1) is 19.1. The van der Waals surface area contributed by atoms with Crippen molar-refractivity contribution in [1.29, 1.82) is 0 Å². The Balaban J connectivity index is 1.69. The molecule has 0 atom stereocenters. The van der Waals surface area contributed by atoms with Crippen molar-refractivity contribution in [3.63, 3.8) is 0 Å². The van der Waals surface area contributed by atoms with E-state index in [-0.39, 0.29) is 32.4 Å². The van der Waals surface area contributed by atoms with Gasteiger partial charge in [0.1, 0.15) is 0 Å². The number of hydrogen-bond donors (Lipinski definition) is 3. The van der Waals surface area contributed by atoms with Crippen molar-refractivity contribution in [2.45, 2.75) is 0 Å². The van der Waals surface area contributed by atoms with Crippen molar-refractivity contribution >= 4 is 32.7 Å². The monoisotopic (exact) mass is 507 g/mol. The van der Waals surface area contributed by atoms with Crippen molar-refractivity contribution in [1.82, 2.24) is 15.0 Å². The second-order valence-corrected chi connectivity index (χ2v) is 9.49. The predicted octanol–water partition coefficient (Wildman–Crippen LogP) is 6.21. The molecule has 0 radical (unpaired) electrons. The van der Waals surface area contributed by atoms with E-state index >= 15 is 0 Å². The molecular formula is C33H21N3O3. The molecule has 7 aromatic rings. The molecule has 0 spiro atoms. The molecule has 39 heavy (non-hydrogen) atoms. The largest absolute Gasteiger partial charge is 0.354 e. The van der Waals surface area contributed by atoms with E-state index in [9.17, 15) is 14.4 Å². The van der Waals surface area contributed by atoms with Crippen LogP contribution in [0.25, 0.3) is 66.5 Å². The summed E-state index contributed by atoms with van der Waals surface area (Å²) in [6.07, 6.45) is 0. The first kappa shape index (κ1) is 22.7. The fourth-order valence-electron chi connectivity index (χ4n) is 5.31. The minimum absolute atomic E-state index is 0.269. The van der Waals surface area contributed by atoms with Gasteiger partial charge < -0.3 is 15.0 Å². The zero-order valence-electron chi connectivity index (χ0n) is 20.6. The topological polar surface area (TPSA) is 98.6 Å². The van der Waals surface area contributed by atoms with E-state index in [4.69, 9.17) is 0 Å². The molecule has 0 aliphatic rings. The lowest BCUT2D eigenvalue weighted by Gasteiger charge is -2.14. The van der Waals surface area contributed by atoms with Crippen LogP contribution in [0.5, 0.6) is 0 Å². The third-order valence-electron chi connectivity index (χ3n) is 7.10. The van der Waals surface area contributed by atoms with Crippen molar-refractivity contribution in [3.8, 4) is 33.8 Å². The van der Waals surface area contributed by atoms with Crippen molar-refractivity contribution in [2.24, 2.45) is 0 Å². The summed E-state index contributed by atoms with van der Waals surface area (Å²) in [6, 6.07) is 33.0. The standard InChI is InChI=1S/C33H21N3O3/c37-25-16-22(19-10-4-1-5-11-19)34-31-28(25)32-30(27(39)18-24(35-32)21-14-8-3-9-15-21)33-29(31)26(38)17-23(36-33)20-12-6-2-7-13-20/h1-18H,(H,34,37)(H,35,39)(H,36,38). The summed E-state index contributed by atoms with van der Waals surface area (Å²) in [4.78, 5) is 51.3. The molecule has 6 heteroatoms. The summed E-state index contributed by atoms with van der Waals surface area (Å²) in [6.45, 7) is 0. The summed E-state index contributed by atoms with van der Waals surface area (Å²) < 4.78 is 0. The number of pyridine rings is 3. The molecule has 6 nitrogen and oxygen atoms in total. The number of H-pyrrole nitrogens is 3. The highest BCUT2D eigenvalue weighted by Gasteiger charge is 2.20. The third-order valence-corrected chi connectivity index (χ3v) is 7.10. The minimum atomic E-state index is -0.290. The number of nitrogens with one attached hydrogen (secondary N) is 3. The summed E-state index contributed by atoms with van der Waals surface area (Å²) in [5.41, 5.74) is 4.47. The molecule has 7 rings (SSSR count). The van der Waals surface area contributed by atoms with Gasteiger partial charge in [0.15, 0.2) is 16.3 Å². The third kappa shape index (κ3) is 3.69. The Kier molecular flexibility index (Phi) is 5.13. The molecule has 3 heterocycles. The highest BCUT2D eigenvalue weighted by molar-refractivity contribution is 6.22. The van der Waals surface area contributed by atoms with Gasteiger partial charge in [-0.05, 0) is 16.7 Å². The van der Waals surface area contributed by atoms with Crippen LogP contribution in [0.4, 0.5) is 0 Å². The molecule has 0 aliphatic heterocycles. The van der Waals surface area contributed by atoms with Gasteiger partial charge in [-0.15, -0.1) is 0 Å². The van der Waals surface area contributed by atoms with Crippen molar-refractivity contribution in [2.75, 3.05) is 0 Å². The Morgan fingerprint density at radius 3 is 0.872 bits per heavy atom. The number of aromatic amines is 3. The zero-order valence-corrected chi connectivity index (χ0v) is 20.6. The predicted molar refractivity (Wildman–Crippen MR) is 157 cm³/mol.